The molecule has 0 amide bonds. The van der Waals surface area contributed by atoms with E-state index in [9.17, 15) is 88.5 Å². The van der Waals surface area contributed by atoms with Gasteiger partial charge in [-0.3, -0.25) is 38.4 Å². The number of carbonyl (C=O) groups is 11. The van der Waals surface area contributed by atoms with Gasteiger partial charge in [-0.05, 0) is 156 Å². The Kier molecular flexibility index (Phi) is 22.5. The van der Waals surface area contributed by atoms with Crippen molar-refractivity contribution < 1.29 is 141 Å². The van der Waals surface area contributed by atoms with Crippen molar-refractivity contribution in [3.63, 3.8) is 0 Å². The van der Waals surface area contributed by atoms with Crippen LogP contribution in [0.15, 0.2) is 71.9 Å². The largest absolute Gasteiger partial charge is 0.481 e. The van der Waals surface area contributed by atoms with Gasteiger partial charge < -0.3 is 103 Å². The molecule has 7 N–H and O–H groups in total. The van der Waals surface area contributed by atoms with Crippen molar-refractivity contribution in [1.29, 1.82) is 0 Å². The summed E-state index contributed by atoms with van der Waals surface area (Å²) in [6.07, 6.45) is -3.08. The van der Waals surface area contributed by atoms with Crippen molar-refractivity contribution in [2.75, 3.05) is 40.8 Å². The zero-order valence-corrected chi connectivity index (χ0v) is 65.3. The van der Waals surface area contributed by atoms with E-state index in [-0.39, 0.29) is 80.3 Å². The monoisotopic (exact) mass is 1590 g/mol. The maximum Gasteiger partial charge on any atom is 0.352 e. The first-order valence-electron chi connectivity index (χ1n) is 38.3. The Labute approximate surface area is 656 Å². The molecule has 3 saturated heterocycles. The van der Waals surface area contributed by atoms with Crippen LogP contribution in [0.3, 0.4) is 0 Å². The lowest BCUT2D eigenvalue weighted by molar-refractivity contribution is -0.176. The summed E-state index contributed by atoms with van der Waals surface area (Å²) in [6.45, 7) is 11.3. The number of rotatable bonds is 23. The van der Waals surface area contributed by atoms with Crippen LogP contribution in [0.1, 0.15) is 163 Å². The van der Waals surface area contributed by atoms with Gasteiger partial charge >= 0.3 is 47.8 Å². The predicted molar refractivity (Wildman–Crippen MR) is 390 cm³/mol. The van der Waals surface area contributed by atoms with E-state index < -0.39 is 167 Å². The Morgan fingerprint density at radius 3 is 1.05 bits per heavy atom. The highest BCUT2D eigenvalue weighted by Gasteiger charge is 2.75. The normalized spacial score (nSPS) is 30.3. The molecule has 3 aromatic carbocycles. The van der Waals surface area contributed by atoms with E-state index >= 15 is 0 Å². The highest BCUT2D eigenvalue weighted by atomic mass is 16.6. The SMILES string of the molecule is CC(=O)O[C@@H](CC(=O)O[C@@H](C)C(=O)OC1=CC[C@@]2(O)[C@H]3Cc4ccc(CO)c5c4[C@@]2(CCN3C)[C@H]1O5)C(C)=O.CC(=O)O[C@@H](CC(=O)O[C@@H](C)C(=O)OC1=CC[C@@]2(O)[C@H]3Cc4ccc(CO)c5c4[C@@]2(CCN3C)[C@H]1O5)C(C)=O.CC(=O)[C@H](C)OC(=O)[C@@H](O)CC(=O)OC1=CC[C@@]2(O)[C@H]3Cc4ccc(CO)c5c4[C@@]2(CCN3C)[C@H]1O5. The number of ether oxygens (including phenoxy) is 11. The molecule has 6 aliphatic carbocycles. The summed E-state index contributed by atoms with van der Waals surface area (Å²) in [7, 11) is 5.96. The average Bonchev–Trinajstić information content (AvgIpc) is 1.46. The summed E-state index contributed by atoms with van der Waals surface area (Å²) in [4.78, 5) is 139. The quantitative estimate of drug-likeness (QED) is 0.0527. The fourth-order valence-corrected chi connectivity index (χ4v) is 19.9. The molecule has 6 heterocycles. The minimum Gasteiger partial charge on any atom is -0.481 e. The topological polar surface area (TPSA) is 441 Å². The summed E-state index contributed by atoms with van der Waals surface area (Å²) in [5.41, 5.74) is 1.37. The molecule has 32 nitrogen and oxygen atoms in total. The summed E-state index contributed by atoms with van der Waals surface area (Å²) in [6, 6.07) is 10.9. The third-order valence-corrected chi connectivity index (χ3v) is 25.6. The Bertz CT molecular complexity index is 4410. The molecule has 0 radical (unpaired) electrons. The minimum atomic E-state index is -1.80. The van der Waals surface area contributed by atoms with Gasteiger partial charge in [0, 0.05) is 84.6 Å². The van der Waals surface area contributed by atoms with Gasteiger partial charge in [-0.25, -0.2) is 14.4 Å². The van der Waals surface area contributed by atoms with E-state index in [4.69, 9.17) is 52.1 Å². The van der Waals surface area contributed by atoms with Crippen LogP contribution in [-0.2, 0) is 146 Å². The van der Waals surface area contributed by atoms with Gasteiger partial charge in [0.05, 0.1) is 72.1 Å². The number of likely N-dealkylation sites (N-methyl/N-ethyl adjacent to an activating group) is 3. The first-order chi connectivity index (χ1) is 53.9. The van der Waals surface area contributed by atoms with E-state index in [2.05, 4.69) is 14.7 Å². The molecule has 6 bridgehead atoms. The van der Waals surface area contributed by atoms with Gasteiger partial charge in [-0.15, -0.1) is 0 Å². The Morgan fingerprint density at radius 2 is 0.754 bits per heavy atom. The molecule has 614 valence electrons. The maximum absolute atomic E-state index is 13.0. The van der Waals surface area contributed by atoms with E-state index in [1.807, 2.05) is 57.5 Å². The Balaban J connectivity index is 0.000000149. The smallest absolute Gasteiger partial charge is 0.352 e. The molecule has 0 unspecified atom stereocenters. The van der Waals surface area contributed by atoms with Crippen LogP contribution in [0.4, 0.5) is 0 Å². The van der Waals surface area contributed by atoms with Crippen molar-refractivity contribution in [1.82, 2.24) is 14.7 Å². The van der Waals surface area contributed by atoms with Gasteiger partial charge in [0.2, 0.25) is 0 Å². The molecule has 3 spiro atoms. The highest BCUT2D eigenvalue weighted by Crippen LogP contribution is 2.68. The lowest BCUT2D eigenvalue weighted by Crippen LogP contribution is -2.74. The zero-order chi connectivity index (χ0) is 82.5. The number of aliphatic hydroxyl groups excluding tert-OH is 4. The second kappa shape index (κ2) is 31.0. The van der Waals surface area contributed by atoms with Crippen molar-refractivity contribution in [2.45, 2.75) is 258 Å². The number of likely N-dealkylation sites (tertiary alicyclic amines) is 3. The molecule has 6 aliphatic heterocycles. The van der Waals surface area contributed by atoms with Crippen molar-refractivity contribution in [2.24, 2.45) is 0 Å². The van der Waals surface area contributed by atoms with Crippen LogP contribution < -0.4 is 14.2 Å². The van der Waals surface area contributed by atoms with Crippen LogP contribution >= 0.6 is 0 Å². The predicted octanol–water partition coefficient (Wildman–Crippen LogP) is 1.96. The molecule has 0 aromatic heterocycles. The molecular weight excluding hydrogens is 1490 g/mol. The summed E-state index contributed by atoms with van der Waals surface area (Å²) < 4.78 is 61.2. The average molecular weight is 1590 g/mol. The molecule has 18 atom stereocenters. The number of ketones is 3. The highest BCUT2D eigenvalue weighted by molar-refractivity contribution is 5.90. The number of nitrogens with zero attached hydrogens (tertiary/aromatic N) is 3. The second-order valence-corrected chi connectivity index (χ2v) is 32.0. The second-order valence-electron chi connectivity index (χ2n) is 32.0. The summed E-state index contributed by atoms with van der Waals surface area (Å²) >= 11 is 0. The molecular formula is C82H97N3O29. The molecule has 15 rings (SSSR count). The van der Waals surface area contributed by atoms with Crippen LogP contribution in [0, 0.1) is 0 Å². The molecule has 12 aliphatic rings. The van der Waals surface area contributed by atoms with Crippen LogP contribution in [0.2, 0.25) is 0 Å². The summed E-state index contributed by atoms with van der Waals surface area (Å²) in [5, 5.41) is 76.7. The minimum absolute atomic E-state index is 0.163. The number of esters is 8. The van der Waals surface area contributed by atoms with Crippen LogP contribution in [0.5, 0.6) is 17.2 Å². The number of benzene rings is 3. The van der Waals surface area contributed by atoms with E-state index in [1.54, 1.807) is 18.2 Å². The van der Waals surface area contributed by atoms with Crippen molar-refractivity contribution >= 4 is 65.1 Å². The Morgan fingerprint density at radius 1 is 0.430 bits per heavy atom. The van der Waals surface area contributed by atoms with Gasteiger partial charge in [0.15, 0.2) is 72.3 Å². The fraction of sp³-hybridized carbons (Fsp3) is 0.573. The molecule has 3 aromatic rings. The van der Waals surface area contributed by atoms with Gasteiger partial charge in [-0.1, -0.05) is 36.4 Å². The van der Waals surface area contributed by atoms with Crippen molar-refractivity contribution in [3.05, 3.63) is 122 Å². The molecule has 114 heavy (non-hydrogen) atoms. The van der Waals surface area contributed by atoms with Gasteiger partial charge in [-0.2, -0.15) is 0 Å². The number of carbonyl (C=O) groups excluding carboxylic acids is 11. The number of hydrogen-bond donors (Lipinski definition) is 7. The maximum atomic E-state index is 13.0. The number of Topliss-reactive ketones (excluding diaryl/α,β-unsaturated/α-hetero) is 3. The Hall–Kier alpha value is -9.35. The van der Waals surface area contributed by atoms with E-state index in [0.717, 1.165) is 47.2 Å². The summed E-state index contributed by atoms with van der Waals surface area (Å²) in [5.74, 6) is -6.17. The number of hydrogen-bond acceptors (Lipinski definition) is 32. The first kappa shape index (κ1) is 82.6. The lowest BCUT2D eigenvalue weighted by Gasteiger charge is -2.61. The first-order valence-corrected chi connectivity index (χ1v) is 38.3. The number of piperidine rings is 3. The van der Waals surface area contributed by atoms with Gasteiger partial charge in [0.1, 0.15) is 34.5 Å². The standard InChI is InChI=1S/2C28H33NO10.C26H31NO9/c2*1-14(31)20(37-16(3)32)12-22(33)36-15(2)26(34)38-19-7-8-28(35)21-11-17-5-6-18(13-30)24-23(17)27(28,25(19)39-24)9-10-29(21)4;1-13(29)14(2)34-24(32)17(30)11-20(31)35-18-6-7-26(33)19-10-15-4-5-16(12-28)22-21(15)25(26,23(18)36-22)8-9-27(19)3/h2*5-7,15,20-21,25,30,35H,8-13H2,1-4H3;4-6,14,17,19,23,28,30,33H,7-12H2,1-3H3/t2*15-,20-,21+,25-,27-,28+;14-,17-,19+,23-,25-,26+/m000/s1. The third kappa shape index (κ3) is 13.5. The van der Waals surface area contributed by atoms with Crippen molar-refractivity contribution in [3.8, 4) is 17.2 Å². The third-order valence-electron chi connectivity index (χ3n) is 25.6. The van der Waals surface area contributed by atoms with Crippen LogP contribution in [-0.4, -0.2) is 246 Å². The molecule has 0 saturated carbocycles. The van der Waals surface area contributed by atoms with E-state index in [1.165, 1.54) is 41.5 Å². The number of aliphatic hydroxyl groups is 7. The zero-order valence-electron chi connectivity index (χ0n) is 65.3. The fourth-order valence-electron chi connectivity index (χ4n) is 19.9. The van der Waals surface area contributed by atoms with E-state index in [0.29, 0.717) is 92.1 Å². The molecule has 3 fully saturated rings. The van der Waals surface area contributed by atoms with Gasteiger partial charge in [0.25, 0.3) is 0 Å². The van der Waals surface area contributed by atoms with Crippen LogP contribution in [0.25, 0.3) is 0 Å². The lowest BCUT2D eigenvalue weighted by atomic mass is 9.50. The molecule has 32 heteroatoms.